The second-order valence-corrected chi connectivity index (χ2v) is 6.17. The summed E-state index contributed by atoms with van der Waals surface area (Å²) in [5.41, 5.74) is 0. The molecule has 0 aromatic heterocycles. The van der Waals surface area contributed by atoms with Gasteiger partial charge in [0.05, 0.1) is 6.10 Å². The second-order valence-electron chi connectivity index (χ2n) is 6.17. The van der Waals surface area contributed by atoms with Gasteiger partial charge in [0, 0.05) is 31.6 Å². The Labute approximate surface area is 139 Å². The number of rotatable bonds is 9. The Kier molecular flexibility index (Phi) is 9.31. The Morgan fingerprint density at radius 2 is 2.17 bits per heavy atom. The highest BCUT2D eigenvalue weighted by atomic mass is 16.4. The first-order chi connectivity index (χ1) is 11.0. The number of hydrogen-bond donors (Lipinski definition) is 2. The molecular weight excluding hydrogens is 292 g/mol. The Morgan fingerprint density at radius 3 is 2.87 bits per heavy atom. The summed E-state index contributed by atoms with van der Waals surface area (Å²) in [6, 6.07) is 0. The lowest BCUT2D eigenvalue weighted by Crippen LogP contribution is -2.13. The fourth-order valence-electron chi connectivity index (χ4n) is 2.81. The molecule has 3 atom stereocenters. The fraction of sp³-hybridized carbons (Fsp3) is 0.684. The third-order valence-electron chi connectivity index (χ3n) is 4.23. The number of aliphatic hydroxyl groups is 1. The van der Waals surface area contributed by atoms with Gasteiger partial charge in [-0.25, -0.2) is 0 Å². The van der Waals surface area contributed by atoms with Gasteiger partial charge >= 0.3 is 5.97 Å². The molecule has 1 saturated carbocycles. The number of carbonyl (C=O) groups is 2. The van der Waals surface area contributed by atoms with E-state index in [0.717, 1.165) is 25.7 Å². The summed E-state index contributed by atoms with van der Waals surface area (Å²) in [6.45, 7) is 2.09. The van der Waals surface area contributed by atoms with Crippen molar-refractivity contribution >= 4 is 11.8 Å². The van der Waals surface area contributed by atoms with Gasteiger partial charge in [-0.3, -0.25) is 9.59 Å². The molecule has 1 fully saturated rings. The lowest BCUT2D eigenvalue weighted by molar-refractivity contribution is -0.137. The van der Waals surface area contributed by atoms with Crippen molar-refractivity contribution in [3.8, 4) is 11.8 Å². The number of hydrogen-bond acceptors (Lipinski definition) is 3. The van der Waals surface area contributed by atoms with Crippen molar-refractivity contribution in [2.24, 2.45) is 11.8 Å². The number of aliphatic hydroxyl groups excluding tert-OH is 1. The average molecular weight is 320 g/mol. The molecule has 3 unspecified atom stereocenters. The van der Waals surface area contributed by atoms with Gasteiger partial charge < -0.3 is 10.2 Å². The van der Waals surface area contributed by atoms with Crippen molar-refractivity contribution in [1.82, 2.24) is 0 Å². The highest BCUT2D eigenvalue weighted by Crippen LogP contribution is 2.32. The van der Waals surface area contributed by atoms with Crippen molar-refractivity contribution in [3.63, 3.8) is 0 Å². The van der Waals surface area contributed by atoms with E-state index >= 15 is 0 Å². The van der Waals surface area contributed by atoms with E-state index in [1.807, 2.05) is 12.2 Å². The maximum absolute atomic E-state index is 12.0. The summed E-state index contributed by atoms with van der Waals surface area (Å²) in [4.78, 5) is 22.4. The van der Waals surface area contributed by atoms with E-state index in [0.29, 0.717) is 25.7 Å². The normalized spacial score (nSPS) is 22.1. The summed E-state index contributed by atoms with van der Waals surface area (Å²) in [7, 11) is 0. The van der Waals surface area contributed by atoms with E-state index in [9.17, 15) is 14.7 Å². The maximum Gasteiger partial charge on any atom is 0.303 e. The third-order valence-corrected chi connectivity index (χ3v) is 4.23. The monoisotopic (exact) mass is 320 g/mol. The molecule has 1 aliphatic rings. The van der Waals surface area contributed by atoms with Crippen molar-refractivity contribution in [1.29, 1.82) is 0 Å². The molecule has 0 aromatic carbocycles. The summed E-state index contributed by atoms with van der Waals surface area (Å²) in [6.07, 6.45) is 9.42. The first-order valence-electron chi connectivity index (χ1n) is 8.61. The Balaban J connectivity index is 2.42. The topological polar surface area (TPSA) is 74.6 Å². The van der Waals surface area contributed by atoms with Gasteiger partial charge in [0.2, 0.25) is 0 Å². The molecule has 1 rings (SSSR count). The van der Waals surface area contributed by atoms with Gasteiger partial charge in [0.15, 0.2) is 0 Å². The van der Waals surface area contributed by atoms with Crippen LogP contribution >= 0.6 is 0 Å². The maximum atomic E-state index is 12.0. The van der Waals surface area contributed by atoms with Crippen molar-refractivity contribution in [2.45, 2.75) is 70.8 Å². The van der Waals surface area contributed by atoms with Crippen LogP contribution in [0.2, 0.25) is 0 Å². The molecule has 0 spiro atoms. The number of Topliss-reactive ketones (excluding diaryl/α,β-unsaturated/α-hetero) is 1. The second kappa shape index (κ2) is 11.0. The van der Waals surface area contributed by atoms with Crippen LogP contribution in [-0.4, -0.2) is 28.1 Å². The van der Waals surface area contributed by atoms with E-state index in [-0.39, 0.29) is 24.0 Å². The number of carboxylic acids is 1. The van der Waals surface area contributed by atoms with E-state index < -0.39 is 12.1 Å². The molecule has 0 heterocycles. The number of unbranched alkanes of at least 4 members (excludes halogenated alkanes) is 2. The fourth-order valence-corrected chi connectivity index (χ4v) is 2.81. The van der Waals surface area contributed by atoms with Crippen LogP contribution in [0.4, 0.5) is 0 Å². The summed E-state index contributed by atoms with van der Waals surface area (Å²) in [5, 5.41) is 18.4. The van der Waals surface area contributed by atoms with Crippen LogP contribution in [0, 0.1) is 23.7 Å². The number of ketones is 1. The van der Waals surface area contributed by atoms with Crippen molar-refractivity contribution in [3.05, 3.63) is 12.2 Å². The quantitative estimate of drug-likeness (QED) is 0.388. The zero-order chi connectivity index (χ0) is 17.1. The third kappa shape index (κ3) is 7.99. The molecule has 0 aliphatic heterocycles. The van der Waals surface area contributed by atoms with Gasteiger partial charge in [-0.1, -0.05) is 31.9 Å². The van der Waals surface area contributed by atoms with Crippen LogP contribution in [-0.2, 0) is 9.59 Å². The van der Waals surface area contributed by atoms with Crippen LogP contribution in [0.3, 0.4) is 0 Å². The molecule has 0 bridgehead atoms. The van der Waals surface area contributed by atoms with Gasteiger partial charge in [-0.15, -0.1) is 11.8 Å². The molecule has 1 aliphatic carbocycles. The molecule has 4 heteroatoms. The van der Waals surface area contributed by atoms with Gasteiger partial charge in [-0.05, 0) is 25.2 Å². The predicted octanol–water partition coefficient (Wildman–Crippen LogP) is 3.34. The first-order valence-corrected chi connectivity index (χ1v) is 8.61. The summed E-state index contributed by atoms with van der Waals surface area (Å²) >= 11 is 0. The number of aliphatic carboxylic acids is 1. The smallest absolute Gasteiger partial charge is 0.303 e. The van der Waals surface area contributed by atoms with Crippen LogP contribution in [0.1, 0.15) is 64.7 Å². The lowest BCUT2D eigenvalue weighted by atomic mass is 9.91. The van der Waals surface area contributed by atoms with Gasteiger partial charge in [0.25, 0.3) is 0 Å². The lowest BCUT2D eigenvalue weighted by Gasteiger charge is -2.12. The van der Waals surface area contributed by atoms with Crippen molar-refractivity contribution < 1.29 is 19.8 Å². The highest BCUT2D eigenvalue weighted by Gasteiger charge is 2.32. The zero-order valence-electron chi connectivity index (χ0n) is 14.0. The molecule has 4 nitrogen and oxygen atoms in total. The number of carboxylic acid groups (broad SMARTS) is 1. The Hall–Kier alpha value is -1.60. The number of carbonyl (C=O) groups excluding carboxylic acids is 1. The molecule has 0 saturated heterocycles. The van der Waals surface area contributed by atoms with Crippen LogP contribution < -0.4 is 0 Å². The predicted molar refractivity (Wildman–Crippen MR) is 89.8 cm³/mol. The Bertz CT molecular complexity index is 469. The van der Waals surface area contributed by atoms with Gasteiger partial charge in [-0.2, -0.15) is 0 Å². The average Bonchev–Trinajstić information content (AvgIpc) is 2.86. The zero-order valence-corrected chi connectivity index (χ0v) is 14.0. The minimum absolute atomic E-state index is 0.0726. The largest absolute Gasteiger partial charge is 0.481 e. The van der Waals surface area contributed by atoms with E-state index in [1.54, 1.807) is 0 Å². The first kappa shape index (κ1) is 19.4. The molecular formula is C19H28O4. The SMILES string of the molecule is CCCCC(O)/C=C/C1CCC(=O)C1CC#CCCCC(=O)O. The van der Waals surface area contributed by atoms with E-state index in [4.69, 9.17) is 5.11 Å². The highest BCUT2D eigenvalue weighted by molar-refractivity contribution is 5.84. The standard InChI is InChI=1S/C19H28O4/c1-2-3-8-16(20)13-11-15-12-14-18(21)17(15)9-6-4-5-7-10-19(22)23/h11,13,15-17,20H,2-3,5,7-10,12,14H2,1H3,(H,22,23)/b13-11+. The number of allylic oxidation sites excluding steroid dienone is 1. The molecule has 0 aromatic rings. The van der Waals surface area contributed by atoms with Gasteiger partial charge in [0.1, 0.15) is 5.78 Å². The minimum Gasteiger partial charge on any atom is -0.481 e. The Morgan fingerprint density at radius 1 is 1.39 bits per heavy atom. The van der Waals surface area contributed by atoms with Crippen LogP contribution in [0.25, 0.3) is 0 Å². The summed E-state index contributed by atoms with van der Waals surface area (Å²) < 4.78 is 0. The minimum atomic E-state index is -0.801. The van der Waals surface area contributed by atoms with Crippen LogP contribution in [0.5, 0.6) is 0 Å². The van der Waals surface area contributed by atoms with Crippen molar-refractivity contribution in [2.75, 3.05) is 0 Å². The summed E-state index contributed by atoms with van der Waals surface area (Å²) in [5.74, 6) is 5.54. The van der Waals surface area contributed by atoms with E-state index in [1.165, 1.54) is 0 Å². The molecule has 0 amide bonds. The molecule has 128 valence electrons. The van der Waals surface area contributed by atoms with Crippen LogP contribution in [0.15, 0.2) is 12.2 Å². The van der Waals surface area contributed by atoms with E-state index in [2.05, 4.69) is 18.8 Å². The molecule has 2 N–H and O–H groups in total. The molecule has 0 radical (unpaired) electrons. The molecule has 23 heavy (non-hydrogen) atoms.